The fraction of sp³-hybridized carbons (Fsp3) is 0.375. The second kappa shape index (κ2) is 7.72. The zero-order valence-corrected chi connectivity index (χ0v) is 14.2. The summed E-state index contributed by atoms with van der Waals surface area (Å²) in [5, 5.41) is 6.24. The van der Waals surface area contributed by atoms with Crippen LogP contribution in [-0.2, 0) is 11.2 Å². The van der Waals surface area contributed by atoms with Crippen molar-refractivity contribution in [3.05, 3.63) is 40.9 Å². The van der Waals surface area contributed by atoms with Crippen LogP contribution in [0.25, 0.3) is 10.6 Å². The maximum atomic E-state index is 12.2. The van der Waals surface area contributed by atoms with Gasteiger partial charge in [-0.15, -0.1) is 23.7 Å². The lowest BCUT2D eigenvalue weighted by atomic mass is 10.1. The molecule has 22 heavy (non-hydrogen) atoms. The van der Waals surface area contributed by atoms with Crippen LogP contribution in [-0.4, -0.2) is 42.0 Å². The number of thiazole rings is 1. The molecule has 1 aromatic carbocycles. The Morgan fingerprint density at radius 3 is 2.86 bits per heavy atom. The largest absolute Gasteiger partial charge is 0.340 e. The number of piperazine rings is 1. The number of aryl methyl sites for hydroxylation is 1. The van der Waals surface area contributed by atoms with Crippen LogP contribution in [0.4, 0.5) is 0 Å². The zero-order valence-electron chi connectivity index (χ0n) is 12.5. The maximum Gasteiger partial charge on any atom is 0.228 e. The van der Waals surface area contributed by atoms with Gasteiger partial charge in [-0.2, -0.15) is 0 Å². The van der Waals surface area contributed by atoms with E-state index in [4.69, 9.17) is 0 Å². The molecule has 0 bridgehead atoms. The summed E-state index contributed by atoms with van der Waals surface area (Å²) in [6.45, 7) is 5.45. The summed E-state index contributed by atoms with van der Waals surface area (Å²) in [6.07, 6.45) is 0.405. The molecule has 1 saturated heterocycles. The molecule has 0 unspecified atom stereocenters. The number of aromatic nitrogens is 1. The quantitative estimate of drug-likeness (QED) is 0.936. The fourth-order valence-corrected chi connectivity index (χ4v) is 3.30. The summed E-state index contributed by atoms with van der Waals surface area (Å²) >= 11 is 1.61. The molecule has 2 aromatic rings. The number of rotatable bonds is 3. The van der Waals surface area contributed by atoms with E-state index in [9.17, 15) is 4.79 Å². The van der Waals surface area contributed by atoms with Crippen molar-refractivity contribution < 1.29 is 4.79 Å². The van der Waals surface area contributed by atoms with Crippen LogP contribution in [0.5, 0.6) is 0 Å². The molecule has 0 spiro atoms. The van der Waals surface area contributed by atoms with Gasteiger partial charge in [0.05, 0.1) is 12.1 Å². The van der Waals surface area contributed by atoms with Gasteiger partial charge in [0.1, 0.15) is 5.01 Å². The summed E-state index contributed by atoms with van der Waals surface area (Å²) in [6, 6.07) is 8.30. The number of halogens is 1. The SMILES string of the molecule is Cc1cccc(-c2nc(CC(=O)N3CCNCC3)cs2)c1.Cl. The average molecular weight is 338 g/mol. The van der Waals surface area contributed by atoms with Crippen molar-refractivity contribution in [2.45, 2.75) is 13.3 Å². The van der Waals surface area contributed by atoms with Gasteiger partial charge in [0.25, 0.3) is 0 Å². The van der Waals surface area contributed by atoms with Gasteiger partial charge in [0.2, 0.25) is 5.91 Å². The van der Waals surface area contributed by atoms with E-state index >= 15 is 0 Å². The van der Waals surface area contributed by atoms with Crippen molar-refractivity contribution in [2.75, 3.05) is 26.2 Å². The van der Waals surface area contributed by atoms with Gasteiger partial charge in [-0.05, 0) is 13.0 Å². The van der Waals surface area contributed by atoms with E-state index in [-0.39, 0.29) is 18.3 Å². The third kappa shape index (κ3) is 4.06. The van der Waals surface area contributed by atoms with E-state index < -0.39 is 0 Å². The molecule has 1 amide bonds. The molecule has 0 atom stereocenters. The van der Waals surface area contributed by atoms with Crippen LogP contribution < -0.4 is 5.32 Å². The number of carbonyl (C=O) groups excluding carboxylic acids is 1. The Morgan fingerprint density at radius 1 is 1.36 bits per heavy atom. The summed E-state index contributed by atoms with van der Waals surface area (Å²) in [4.78, 5) is 18.8. The molecule has 1 aliphatic heterocycles. The first kappa shape index (κ1) is 16.9. The van der Waals surface area contributed by atoms with Gasteiger partial charge in [0, 0.05) is 37.1 Å². The van der Waals surface area contributed by atoms with Crippen molar-refractivity contribution in [1.82, 2.24) is 15.2 Å². The Kier molecular flexibility index (Phi) is 5.94. The number of hydrogen-bond donors (Lipinski definition) is 1. The first-order valence-corrected chi connectivity index (χ1v) is 8.10. The number of hydrogen-bond acceptors (Lipinski definition) is 4. The molecule has 1 aliphatic rings. The molecule has 0 radical (unpaired) electrons. The van der Waals surface area contributed by atoms with E-state index in [2.05, 4.69) is 35.4 Å². The highest BCUT2D eigenvalue weighted by Gasteiger charge is 2.17. The lowest BCUT2D eigenvalue weighted by Gasteiger charge is -2.27. The second-order valence-corrected chi connectivity index (χ2v) is 6.18. The lowest BCUT2D eigenvalue weighted by Crippen LogP contribution is -2.46. The molecule has 0 aliphatic carbocycles. The summed E-state index contributed by atoms with van der Waals surface area (Å²) in [5.41, 5.74) is 3.22. The third-order valence-corrected chi connectivity index (χ3v) is 4.56. The van der Waals surface area contributed by atoms with Gasteiger partial charge in [-0.1, -0.05) is 23.8 Å². The molecule has 1 fully saturated rings. The van der Waals surface area contributed by atoms with Gasteiger partial charge in [-0.3, -0.25) is 4.79 Å². The standard InChI is InChI=1S/C16H19N3OS.ClH/c1-12-3-2-4-13(9-12)16-18-14(11-21-16)10-15(20)19-7-5-17-6-8-19;/h2-4,9,11,17H,5-8,10H2,1H3;1H. The first-order chi connectivity index (χ1) is 10.2. The smallest absolute Gasteiger partial charge is 0.228 e. The Balaban J connectivity index is 0.00000176. The second-order valence-electron chi connectivity index (χ2n) is 5.32. The van der Waals surface area contributed by atoms with Crippen LogP contribution in [0, 0.1) is 6.92 Å². The minimum Gasteiger partial charge on any atom is -0.340 e. The Bertz CT molecular complexity index is 638. The number of carbonyl (C=O) groups is 1. The molecular weight excluding hydrogens is 318 g/mol. The van der Waals surface area contributed by atoms with E-state index in [0.29, 0.717) is 6.42 Å². The summed E-state index contributed by atoms with van der Waals surface area (Å²) < 4.78 is 0. The van der Waals surface area contributed by atoms with E-state index in [1.54, 1.807) is 11.3 Å². The van der Waals surface area contributed by atoms with Gasteiger partial charge in [-0.25, -0.2) is 4.98 Å². The molecule has 118 valence electrons. The highest BCUT2D eigenvalue weighted by atomic mass is 35.5. The fourth-order valence-electron chi connectivity index (χ4n) is 2.48. The Labute approximate surface area is 141 Å². The molecule has 6 heteroatoms. The predicted molar refractivity (Wildman–Crippen MR) is 92.7 cm³/mol. The van der Waals surface area contributed by atoms with Crippen molar-refractivity contribution in [3.63, 3.8) is 0 Å². The monoisotopic (exact) mass is 337 g/mol. The van der Waals surface area contributed by atoms with Crippen molar-refractivity contribution in [1.29, 1.82) is 0 Å². The molecule has 4 nitrogen and oxygen atoms in total. The molecule has 1 N–H and O–H groups in total. The topological polar surface area (TPSA) is 45.2 Å². The van der Waals surface area contributed by atoms with Gasteiger partial charge >= 0.3 is 0 Å². The lowest BCUT2D eigenvalue weighted by molar-refractivity contribution is -0.131. The Hall–Kier alpha value is -1.43. The Morgan fingerprint density at radius 2 is 2.14 bits per heavy atom. The molecule has 0 saturated carbocycles. The predicted octanol–water partition coefficient (Wildman–Crippen LogP) is 2.51. The highest BCUT2D eigenvalue weighted by Crippen LogP contribution is 2.24. The summed E-state index contributed by atoms with van der Waals surface area (Å²) in [7, 11) is 0. The normalized spacial score (nSPS) is 14.5. The van der Waals surface area contributed by atoms with Crippen LogP contribution in [0.3, 0.4) is 0 Å². The zero-order chi connectivity index (χ0) is 14.7. The number of nitrogens with zero attached hydrogens (tertiary/aromatic N) is 2. The van der Waals surface area contributed by atoms with Gasteiger partial charge < -0.3 is 10.2 Å². The number of nitrogens with one attached hydrogen (secondary N) is 1. The van der Waals surface area contributed by atoms with Crippen molar-refractivity contribution >= 4 is 29.7 Å². The summed E-state index contributed by atoms with van der Waals surface area (Å²) in [5.74, 6) is 0.178. The van der Waals surface area contributed by atoms with E-state index in [1.165, 1.54) is 5.56 Å². The molecule has 1 aromatic heterocycles. The number of benzene rings is 1. The molecule has 2 heterocycles. The van der Waals surface area contributed by atoms with Crippen LogP contribution >= 0.6 is 23.7 Å². The maximum absolute atomic E-state index is 12.2. The first-order valence-electron chi connectivity index (χ1n) is 7.22. The van der Waals surface area contributed by atoms with Crippen LogP contribution in [0.1, 0.15) is 11.3 Å². The van der Waals surface area contributed by atoms with Crippen LogP contribution in [0.15, 0.2) is 29.6 Å². The molecular formula is C16H20ClN3OS. The number of amides is 1. The minimum atomic E-state index is 0. The van der Waals surface area contributed by atoms with Crippen molar-refractivity contribution in [2.24, 2.45) is 0 Å². The van der Waals surface area contributed by atoms with E-state index in [1.807, 2.05) is 16.3 Å². The van der Waals surface area contributed by atoms with Crippen LogP contribution in [0.2, 0.25) is 0 Å². The molecule has 3 rings (SSSR count). The van der Waals surface area contributed by atoms with Gasteiger partial charge in [0.15, 0.2) is 0 Å². The van der Waals surface area contributed by atoms with E-state index in [0.717, 1.165) is 42.4 Å². The third-order valence-electron chi connectivity index (χ3n) is 3.62. The van der Waals surface area contributed by atoms with Crippen molar-refractivity contribution in [3.8, 4) is 10.6 Å². The average Bonchev–Trinajstić information content (AvgIpc) is 2.97. The minimum absolute atomic E-state index is 0. The highest BCUT2D eigenvalue weighted by molar-refractivity contribution is 7.13.